The average molecular weight is 215 g/mol. The molecule has 0 aliphatic rings. The zero-order valence-corrected chi connectivity index (χ0v) is 7.37. The molecule has 0 amide bonds. The normalized spacial score (nSPS) is 9.18. The zero-order chi connectivity index (χ0) is 8.10. The summed E-state index contributed by atoms with van der Waals surface area (Å²) in [5.41, 5.74) is 1.09. The second kappa shape index (κ2) is 4.13. The summed E-state index contributed by atoms with van der Waals surface area (Å²) in [6, 6.07) is 7.34. The minimum atomic E-state index is 0.424. The van der Waals surface area contributed by atoms with E-state index in [0.29, 0.717) is 12.2 Å². The van der Waals surface area contributed by atoms with Crippen LogP contribution in [0.15, 0.2) is 24.3 Å². The Kier molecular flexibility index (Phi) is 3.11. The molecule has 0 aromatic heterocycles. The van der Waals surface area contributed by atoms with Gasteiger partial charge in [0, 0.05) is 5.33 Å². The van der Waals surface area contributed by atoms with Crippen molar-refractivity contribution in [3.05, 3.63) is 29.8 Å². The van der Waals surface area contributed by atoms with Gasteiger partial charge in [0.1, 0.15) is 5.75 Å². The minimum Gasteiger partial charge on any atom is -0.429 e. The van der Waals surface area contributed by atoms with Crippen LogP contribution in [0.25, 0.3) is 0 Å². The van der Waals surface area contributed by atoms with E-state index >= 15 is 0 Å². The van der Waals surface area contributed by atoms with Gasteiger partial charge in [-0.05, 0) is 17.7 Å². The van der Waals surface area contributed by atoms with Gasteiger partial charge in [0.2, 0.25) is 0 Å². The Morgan fingerprint density at radius 1 is 1.55 bits per heavy atom. The molecule has 0 radical (unpaired) electrons. The van der Waals surface area contributed by atoms with Crippen LogP contribution < -0.4 is 4.74 Å². The highest BCUT2D eigenvalue weighted by Crippen LogP contribution is 2.14. The molecule has 3 heteroatoms. The number of halogens is 1. The lowest BCUT2D eigenvalue weighted by Crippen LogP contribution is -1.88. The maximum absolute atomic E-state index is 9.94. The van der Waals surface area contributed by atoms with E-state index in [1.807, 2.05) is 18.2 Å². The van der Waals surface area contributed by atoms with Crippen LogP contribution in [0, 0.1) is 0 Å². The van der Waals surface area contributed by atoms with E-state index in [2.05, 4.69) is 20.7 Å². The van der Waals surface area contributed by atoms with Crippen LogP contribution in [0.3, 0.4) is 0 Å². The SMILES string of the molecule is O=COc1cccc(CBr)c1. The van der Waals surface area contributed by atoms with Crippen molar-refractivity contribution in [1.29, 1.82) is 0 Å². The fraction of sp³-hybridized carbons (Fsp3) is 0.125. The molecule has 1 rings (SSSR count). The Morgan fingerprint density at radius 2 is 2.36 bits per heavy atom. The first kappa shape index (κ1) is 8.27. The van der Waals surface area contributed by atoms with Crippen molar-refractivity contribution in [3.63, 3.8) is 0 Å². The van der Waals surface area contributed by atoms with Gasteiger partial charge >= 0.3 is 0 Å². The van der Waals surface area contributed by atoms with Gasteiger partial charge in [0.15, 0.2) is 0 Å². The van der Waals surface area contributed by atoms with Crippen LogP contribution in [-0.2, 0) is 10.1 Å². The molecule has 0 heterocycles. The van der Waals surface area contributed by atoms with E-state index < -0.39 is 0 Å². The van der Waals surface area contributed by atoms with Crippen LogP contribution in [0.1, 0.15) is 5.56 Å². The molecule has 0 fully saturated rings. The van der Waals surface area contributed by atoms with Gasteiger partial charge in [0.25, 0.3) is 6.47 Å². The number of benzene rings is 1. The summed E-state index contributed by atoms with van der Waals surface area (Å²) in [5, 5.41) is 0.767. The van der Waals surface area contributed by atoms with Crippen LogP contribution in [0.5, 0.6) is 5.75 Å². The number of ether oxygens (including phenoxy) is 1. The maximum Gasteiger partial charge on any atom is 0.298 e. The van der Waals surface area contributed by atoms with Crippen molar-refractivity contribution in [3.8, 4) is 5.75 Å². The van der Waals surface area contributed by atoms with Crippen molar-refractivity contribution < 1.29 is 9.53 Å². The van der Waals surface area contributed by atoms with Gasteiger partial charge in [-0.15, -0.1) is 0 Å². The van der Waals surface area contributed by atoms with Crippen molar-refractivity contribution in [2.24, 2.45) is 0 Å². The summed E-state index contributed by atoms with van der Waals surface area (Å²) in [6.45, 7) is 0.424. The molecular formula is C8H7BrO2. The number of carbonyl (C=O) groups is 1. The Bertz CT molecular complexity index is 248. The van der Waals surface area contributed by atoms with E-state index in [9.17, 15) is 4.79 Å². The van der Waals surface area contributed by atoms with Gasteiger partial charge in [-0.25, -0.2) is 0 Å². The van der Waals surface area contributed by atoms with Gasteiger partial charge < -0.3 is 4.74 Å². The monoisotopic (exact) mass is 214 g/mol. The Balaban J connectivity index is 2.82. The molecule has 2 nitrogen and oxygen atoms in total. The molecule has 1 aromatic rings. The predicted molar refractivity (Wildman–Crippen MR) is 45.8 cm³/mol. The summed E-state index contributed by atoms with van der Waals surface area (Å²) in [4.78, 5) is 9.94. The molecular weight excluding hydrogens is 208 g/mol. The Labute approximate surface area is 73.3 Å². The first-order chi connectivity index (χ1) is 5.36. The predicted octanol–water partition coefficient (Wildman–Crippen LogP) is 2.12. The molecule has 1 aromatic carbocycles. The third-order valence-corrected chi connectivity index (χ3v) is 1.88. The Morgan fingerprint density at radius 3 is 3.00 bits per heavy atom. The molecule has 0 unspecified atom stereocenters. The molecule has 0 bridgehead atoms. The van der Waals surface area contributed by atoms with E-state index in [4.69, 9.17) is 0 Å². The standard InChI is InChI=1S/C8H7BrO2/c9-5-7-2-1-3-8(4-7)11-6-10/h1-4,6H,5H2. The van der Waals surface area contributed by atoms with E-state index in [0.717, 1.165) is 10.9 Å². The molecule has 0 aliphatic heterocycles. The van der Waals surface area contributed by atoms with Crippen molar-refractivity contribution in [2.75, 3.05) is 0 Å². The van der Waals surface area contributed by atoms with Gasteiger partial charge in [-0.1, -0.05) is 28.1 Å². The van der Waals surface area contributed by atoms with E-state index in [1.165, 1.54) is 0 Å². The van der Waals surface area contributed by atoms with Crippen molar-refractivity contribution >= 4 is 22.4 Å². The maximum atomic E-state index is 9.94. The van der Waals surface area contributed by atoms with Crippen molar-refractivity contribution in [1.82, 2.24) is 0 Å². The fourth-order valence-electron chi connectivity index (χ4n) is 0.757. The van der Waals surface area contributed by atoms with E-state index in [1.54, 1.807) is 6.07 Å². The smallest absolute Gasteiger partial charge is 0.298 e. The zero-order valence-electron chi connectivity index (χ0n) is 5.79. The van der Waals surface area contributed by atoms with Crippen LogP contribution in [0.2, 0.25) is 0 Å². The first-order valence-corrected chi connectivity index (χ1v) is 4.24. The highest BCUT2D eigenvalue weighted by atomic mass is 79.9. The summed E-state index contributed by atoms with van der Waals surface area (Å²) < 4.78 is 4.65. The van der Waals surface area contributed by atoms with Crippen LogP contribution in [-0.4, -0.2) is 6.47 Å². The van der Waals surface area contributed by atoms with Gasteiger partial charge in [0.05, 0.1) is 0 Å². The lowest BCUT2D eigenvalue weighted by molar-refractivity contribution is -0.120. The largest absolute Gasteiger partial charge is 0.429 e. The topological polar surface area (TPSA) is 26.3 Å². The molecule has 0 saturated heterocycles. The van der Waals surface area contributed by atoms with Crippen LogP contribution >= 0.6 is 15.9 Å². The molecule has 58 valence electrons. The lowest BCUT2D eigenvalue weighted by atomic mass is 10.2. The molecule has 0 N–H and O–H groups in total. The lowest BCUT2D eigenvalue weighted by Gasteiger charge is -1.98. The van der Waals surface area contributed by atoms with Gasteiger partial charge in [-0.2, -0.15) is 0 Å². The second-order valence-electron chi connectivity index (χ2n) is 2.00. The van der Waals surface area contributed by atoms with Crippen LogP contribution in [0.4, 0.5) is 0 Å². The molecule has 0 atom stereocenters. The Hall–Kier alpha value is -0.830. The molecule has 0 aliphatic carbocycles. The number of hydrogen-bond acceptors (Lipinski definition) is 2. The number of hydrogen-bond donors (Lipinski definition) is 0. The summed E-state index contributed by atoms with van der Waals surface area (Å²) >= 11 is 3.30. The quantitative estimate of drug-likeness (QED) is 0.570. The highest BCUT2D eigenvalue weighted by molar-refractivity contribution is 9.08. The summed E-state index contributed by atoms with van der Waals surface area (Å²) in [6.07, 6.45) is 0. The third-order valence-electron chi connectivity index (χ3n) is 1.24. The minimum absolute atomic E-state index is 0.424. The summed E-state index contributed by atoms with van der Waals surface area (Å²) in [5.74, 6) is 0.581. The third kappa shape index (κ3) is 2.35. The first-order valence-electron chi connectivity index (χ1n) is 3.12. The molecule has 0 saturated carbocycles. The molecule has 0 spiro atoms. The van der Waals surface area contributed by atoms with E-state index in [-0.39, 0.29) is 0 Å². The van der Waals surface area contributed by atoms with Crippen molar-refractivity contribution in [2.45, 2.75) is 5.33 Å². The summed E-state index contributed by atoms with van der Waals surface area (Å²) in [7, 11) is 0. The average Bonchev–Trinajstić information content (AvgIpc) is 2.06. The number of rotatable bonds is 3. The number of carbonyl (C=O) groups excluding carboxylic acids is 1. The molecule has 11 heavy (non-hydrogen) atoms. The fourth-order valence-corrected chi connectivity index (χ4v) is 1.11. The number of alkyl halides is 1. The van der Waals surface area contributed by atoms with Gasteiger partial charge in [-0.3, -0.25) is 4.79 Å². The second-order valence-corrected chi connectivity index (χ2v) is 2.56. The highest BCUT2D eigenvalue weighted by Gasteiger charge is 1.93.